The van der Waals surface area contributed by atoms with Crippen LogP contribution < -0.4 is 5.32 Å². The number of methoxy groups -OCH3 is 1. The van der Waals surface area contributed by atoms with E-state index in [0.717, 1.165) is 31.1 Å². The van der Waals surface area contributed by atoms with Gasteiger partial charge in [0.2, 0.25) is 0 Å². The van der Waals surface area contributed by atoms with Crippen LogP contribution in [0.4, 0.5) is 0 Å². The SMILES string of the molecule is COCCNCC1(Cc2cccc(Cl)c2)CCCC1. The molecule has 1 aliphatic rings. The minimum absolute atomic E-state index is 0.415. The molecule has 0 spiro atoms. The number of halogens is 1. The van der Waals surface area contributed by atoms with E-state index in [9.17, 15) is 0 Å². The second-order valence-electron chi connectivity index (χ2n) is 5.68. The molecule has 0 bridgehead atoms. The van der Waals surface area contributed by atoms with Gasteiger partial charge in [0, 0.05) is 25.2 Å². The van der Waals surface area contributed by atoms with Gasteiger partial charge in [-0.25, -0.2) is 0 Å². The summed E-state index contributed by atoms with van der Waals surface area (Å²) in [6.07, 6.45) is 6.48. The average Bonchev–Trinajstić information content (AvgIpc) is 2.84. The summed E-state index contributed by atoms with van der Waals surface area (Å²) < 4.78 is 5.09. The highest BCUT2D eigenvalue weighted by atomic mass is 35.5. The number of rotatable bonds is 7. The van der Waals surface area contributed by atoms with Crippen molar-refractivity contribution >= 4 is 11.6 Å². The maximum absolute atomic E-state index is 6.09. The molecule has 0 saturated heterocycles. The summed E-state index contributed by atoms with van der Waals surface area (Å²) in [6, 6.07) is 8.31. The Labute approximate surface area is 121 Å². The first-order chi connectivity index (χ1) is 9.24. The standard InChI is InChI=1S/C16H24ClNO/c1-19-10-9-18-13-16(7-2-3-8-16)12-14-5-4-6-15(17)11-14/h4-6,11,18H,2-3,7-10,12-13H2,1H3. The number of hydrogen-bond acceptors (Lipinski definition) is 2. The van der Waals surface area contributed by atoms with Crippen LogP contribution in [0, 0.1) is 5.41 Å². The zero-order valence-corrected chi connectivity index (χ0v) is 12.5. The lowest BCUT2D eigenvalue weighted by Gasteiger charge is -2.29. The van der Waals surface area contributed by atoms with E-state index in [0.29, 0.717) is 5.41 Å². The molecule has 2 nitrogen and oxygen atoms in total. The quantitative estimate of drug-likeness (QED) is 0.770. The van der Waals surface area contributed by atoms with Crippen molar-refractivity contribution in [3.05, 3.63) is 34.9 Å². The first kappa shape index (κ1) is 14.8. The van der Waals surface area contributed by atoms with Gasteiger partial charge < -0.3 is 10.1 Å². The molecule has 0 atom stereocenters. The van der Waals surface area contributed by atoms with Gasteiger partial charge in [0.05, 0.1) is 6.61 Å². The van der Waals surface area contributed by atoms with Crippen LogP contribution in [0.15, 0.2) is 24.3 Å². The number of benzene rings is 1. The summed E-state index contributed by atoms with van der Waals surface area (Å²) >= 11 is 6.09. The van der Waals surface area contributed by atoms with Gasteiger partial charge in [-0.05, 0) is 42.4 Å². The maximum atomic E-state index is 6.09. The van der Waals surface area contributed by atoms with E-state index in [1.54, 1.807) is 7.11 Å². The lowest BCUT2D eigenvalue weighted by Crippen LogP contribution is -2.35. The second-order valence-corrected chi connectivity index (χ2v) is 6.12. The van der Waals surface area contributed by atoms with Gasteiger partial charge in [-0.2, -0.15) is 0 Å². The van der Waals surface area contributed by atoms with E-state index < -0.39 is 0 Å². The van der Waals surface area contributed by atoms with Crippen molar-refractivity contribution in [3.8, 4) is 0 Å². The molecular formula is C16H24ClNO. The summed E-state index contributed by atoms with van der Waals surface area (Å²) in [5.41, 5.74) is 1.78. The molecule has 2 rings (SSSR count). The largest absolute Gasteiger partial charge is 0.383 e. The van der Waals surface area contributed by atoms with Crippen LogP contribution in [0.1, 0.15) is 31.2 Å². The van der Waals surface area contributed by atoms with Gasteiger partial charge in [0.1, 0.15) is 0 Å². The minimum atomic E-state index is 0.415. The third kappa shape index (κ3) is 4.48. The number of hydrogen-bond donors (Lipinski definition) is 1. The molecule has 0 aliphatic heterocycles. The van der Waals surface area contributed by atoms with Crippen molar-refractivity contribution in [3.63, 3.8) is 0 Å². The van der Waals surface area contributed by atoms with Crippen molar-refractivity contribution < 1.29 is 4.74 Å². The lowest BCUT2D eigenvalue weighted by molar-refractivity contribution is 0.190. The van der Waals surface area contributed by atoms with E-state index in [1.807, 2.05) is 6.07 Å². The molecule has 1 fully saturated rings. The third-order valence-corrected chi connectivity index (χ3v) is 4.35. The summed E-state index contributed by atoms with van der Waals surface area (Å²) in [6.45, 7) is 2.81. The lowest BCUT2D eigenvalue weighted by atomic mass is 9.80. The van der Waals surface area contributed by atoms with Crippen LogP contribution in [0.5, 0.6) is 0 Å². The van der Waals surface area contributed by atoms with E-state index in [1.165, 1.54) is 31.2 Å². The van der Waals surface area contributed by atoms with Gasteiger partial charge in [-0.3, -0.25) is 0 Å². The van der Waals surface area contributed by atoms with Crippen LogP contribution in [-0.2, 0) is 11.2 Å². The normalized spacial score (nSPS) is 17.8. The molecule has 106 valence electrons. The fraction of sp³-hybridized carbons (Fsp3) is 0.625. The highest BCUT2D eigenvalue weighted by Crippen LogP contribution is 2.40. The van der Waals surface area contributed by atoms with E-state index in [-0.39, 0.29) is 0 Å². The van der Waals surface area contributed by atoms with Crippen LogP contribution in [-0.4, -0.2) is 26.8 Å². The van der Waals surface area contributed by atoms with Gasteiger partial charge in [-0.1, -0.05) is 36.6 Å². The molecule has 3 heteroatoms. The molecule has 0 aromatic heterocycles. The summed E-state index contributed by atoms with van der Waals surface area (Å²) in [5, 5.41) is 4.39. The topological polar surface area (TPSA) is 21.3 Å². The van der Waals surface area contributed by atoms with E-state index in [4.69, 9.17) is 16.3 Å². The Morgan fingerprint density at radius 3 is 2.79 bits per heavy atom. The summed E-state index contributed by atoms with van der Waals surface area (Å²) in [4.78, 5) is 0. The second kappa shape index (κ2) is 7.28. The summed E-state index contributed by atoms with van der Waals surface area (Å²) in [7, 11) is 1.75. The highest BCUT2D eigenvalue weighted by Gasteiger charge is 2.33. The van der Waals surface area contributed by atoms with Gasteiger partial charge in [-0.15, -0.1) is 0 Å². The van der Waals surface area contributed by atoms with Crippen LogP contribution >= 0.6 is 11.6 Å². The predicted molar refractivity (Wildman–Crippen MR) is 80.8 cm³/mol. The Morgan fingerprint density at radius 2 is 2.11 bits per heavy atom. The fourth-order valence-corrected chi connectivity index (χ4v) is 3.36. The average molecular weight is 282 g/mol. The molecule has 1 aromatic rings. The third-order valence-electron chi connectivity index (χ3n) is 4.12. The molecular weight excluding hydrogens is 258 g/mol. The van der Waals surface area contributed by atoms with Crippen molar-refractivity contribution in [2.24, 2.45) is 5.41 Å². The molecule has 1 N–H and O–H groups in total. The van der Waals surface area contributed by atoms with Crippen LogP contribution in [0.25, 0.3) is 0 Å². The van der Waals surface area contributed by atoms with E-state index >= 15 is 0 Å². The first-order valence-corrected chi connectivity index (χ1v) is 7.56. The van der Waals surface area contributed by atoms with E-state index in [2.05, 4.69) is 23.5 Å². The monoisotopic (exact) mass is 281 g/mol. The predicted octanol–water partition coefficient (Wildman–Crippen LogP) is 3.68. The molecule has 0 unspecified atom stereocenters. The Morgan fingerprint density at radius 1 is 1.32 bits per heavy atom. The first-order valence-electron chi connectivity index (χ1n) is 7.18. The van der Waals surface area contributed by atoms with Gasteiger partial charge in [0.15, 0.2) is 0 Å². The zero-order valence-electron chi connectivity index (χ0n) is 11.8. The minimum Gasteiger partial charge on any atom is -0.383 e. The Bertz CT molecular complexity index is 388. The van der Waals surface area contributed by atoms with Gasteiger partial charge >= 0.3 is 0 Å². The molecule has 19 heavy (non-hydrogen) atoms. The molecule has 0 radical (unpaired) electrons. The molecule has 0 amide bonds. The molecule has 1 aliphatic carbocycles. The Hall–Kier alpha value is -0.570. The fourth-order valence-electron chi connectivity index (χ4n) is 3.15. The smallest absolute Gasteiger partial charge is 0.0587 e. The van der Waals surface area contributed by atoms with Crippen molar-refractivity contribution in [2.75, 3.05) is 26.8 Å². The number of nitrogens with one attached hydrogen (secondary N) is 1. The van der Waals surface area contributed by atoms with Crippen molar-refractivity contribution in [2.45, 2.75) is 32.1 Å². The highest BCUT2D eigenvalue weighted by molar-refractivity contribution is 6.30. The van der Waals surface area contributed by atoms with Crippen molar-refractivity contribution in [1.29, 1.82) is 0 Å². The maximum Gasteiger partial charge on any atom is 0.0587 e. The van der Waals surface area contributed by atoms with Crippen molar-refractivity contribution in [1.82, 2.24) is 5.32 Å². The Kier molecular flexibility index (Phi) is 5.68. The molecule has 0 heterocycles. The zero-order chi connectivity index (χ0) is 13.6. The molecule has 1 saturated carbocycles. The van der Waals surface area contributed by atoms with Crippen LogP contribution in [0.3, 0.4) is 0 Å². The molecule has 1 aromatic carbocycles. The Balaban J connectivity index is 1.95. The summed E-state index contributed by atoms with van der Waals surface area (Å²) in [5.74, 6) is 0. The number of ether oxygens (including phenoxy) is 1. The van der Waals surface area contributed by atoms with Gasteiger partial charge in [0.25, 0.3) is 0 Å². The van der Waals surface area contributed by atoms with Crippen LogP contribution in [0.2, 0.25) is 5.02 Å².